The lowest BCUT2D eigenvalue weighted by atomic mass is 10.1. The first-order valence-electron chi connectivity index (χ1n) is 7.95. The maximum Gasteiger partial charge on any atom is 0.414 e. The summed E-state index contributed by atoms with van der Waals surface area (Å²) in [5.41, 5.74) is 3.15. The Morgan fingerprint density at radius 1 is 1.33 bits per heavy atom. The Hall–Kier alpha value is -2.76. The second kappa shape index (κ2) is 6.39. The van der Waals surface area contributed by atoms with E-state index in [1.807, 2.05) is 26.8 Å². The minimum atomic E-state index is -0.365. The first-order valence-corrected chi connectivity index (χ1v) is 7.95. The van der Waals surface area contributed by atoms with Gasteiger partial charge in [0.25, 0.3) is 5.91 Å². The molecule has 0 spiro atoms. The maximum absolute atomic E-state index is 12.4. The van der Waals surface area contributed by atoms with Crippen LogP contribution in [0.4, 0.5) is 16.2 Å². The highest BCUT2D eigenvalue weighted by Gasteiger charge is 2.26. The van der Waals surface area contributed by atoms with Crippen molar-refractivity contribution >= 4 is 23.4 Å². The predicted octanol–water partition coefficient (Wildman–Crippen LogP) is 3.67. The van der Waals surface area contributed by atoms with Crippen LogP contribution in [0.1, 0.15) is 34.4 Å². The van der Waals surface area contributed by atoms with Crippen LogP contribution in [0.5, 0.6) is 0 Å². The van der Waals surface area contributed by atoms with Gasteiger partial charge >= 0.3 is 6.09 Å². The van der Waals surface area contributed by atoms with Gasteiger partial charge < -0.3 is 14.5 Å². The Bertz CT molecular complexity index is 794. The number of benzene rings is 1. The van der Waals surface area contributed by atoms with Gasteiger partial charge in [-0.15, -0.1) is 0 Å². The smallest absolute Gasteiger partial charge is 0.414 e. The Morgan fingerprint density at radius 3 is 2.75 bits per heavy atom. The molecule has 1 aromatic heterocycles. The molecular formula is C18H20N2O4. The fourth-order valence-corrected chi connectivity index (χ4v) is 2.83. The van der Waals surface area contributed by atoms with Gasteiger partial charge in [0.05, 0.1) is 12.2 Å². The molecule has 6 nitrogen and oxygen atoms in total. The second-order valence-electron chi connectivity index (χ2n) is 5.74. The van der Waals surface area contributed by atoms with Crippen molar-refractivity contribution < 1.29 is 18.7 Å². The lowest BCUT2D eigenvalue weighted by Crippen LogP contribution is -2.24. The van der Waals surface area contributed by atoms with E-state index < -0.39 is 0 Å². The van der Waals surface area contributed by atoms with Crippen LogP contribution in [-0.4, -0.2) is 25.2 Å². The molecule has 0 atom stereocenters. The zero-order valence-electron chi connectivity index (χ0n) is 14.0. The summed E-state index contributed by atoms with van der Waals surface area (Å²) >= 11 is 0. The molecule has 3 rings (SSSR count). The van der Waals surface area contributed by atoms with Crippen LogP contribution >= 0.6 is 0 Å². The lowest BCUT2D eigenvalue weighted by Gasteiger charge is -2.18. The maximum atomic E-state index is 12.4. The predicted molar refractivity (Wildman–Crippen MR) is 90.6 cm³/mol. The van der Waals surface area contributed by atoms with Gasteiger partial charge in [-0.2, -0.15) is 0 Å². The van der Waals surface area contributed by atoms with Crippen molar-refractivity contribution in [1.82, 2.24) is 0 Å². The van der Waals surface area contributed by atoms with Crippen LogP contribution in [0.15, 0.2) is 28.7 Å². The summed E-state index contributed by atoms with van der Waals surface area (Å²) < 4.78 is 10.6. The fraction of sp³-hybridized carbons (Fsp3) is 0.333. The van der Waals surface area contributed by atoms with Crippen LogP contribution in [0.3, 0.4) is 0 Å². The van der Waals surface area contributed by atoms with E-state index in [0.29, 0.717) is 18.8 Å². The van der Waals surface area contributed by atoms with Crippen LogP contribution in [0, 0.1) is 13.8 Å². The molecule has 0 bridgehead atoms. The third-order valence-electron chi connectivity index (χ3n) is 4.17. The van der Waals surface area contributed by atoms with Gasteiger partial charge in [-0.3, -0.25) is 9.69 Å². The number of carbonyl (C=O) groups excluding carboxylic acids is 2. The molecule has 1 aliphatic rings. The van der Waals surface area contributed by atoms with Crippen molar-refractivity contribution in [2.24, 2.45) is 0 Å². The number of aryl methyl sites for hydroxylation is 2. The molecule has 0 saturated carbocycles. The molecule has 0 aliphatic carbocycles. The molecule has 126 valence electrons. The standard InChI is InChI=1S/C18H20N2O4/c1-4-15-11(2)10-16(24-15)17(21)19-13-6-5-7-14(12(13)3)20-8-9-23-18(20)22/h5-7,10H,4,8-9H2,1-3H3,(H,19,21). The first kappa shape index (κ1) is 16.1. The molecule has 1 aromatic carbocycles. The van der Waals surface area contributed by atoms with Crippen molar-refractivity contribution in [3.63, 3.8) is 0 Å². The number of furan rings is 1. The molecule has 2 aromatic rings. The van der Waals surface area contributed by atoms with E-state index in [2.05, 4.69) is 5.32 Å². The third-order valence-corrected chi connectivity index (χ3v) is 4.17. The van der Waals surface area contributed by atoms with E-state index in [0.717, 1.165) is 29.0 Å². The van der Waals surface area contributed by atoms with Crippen molar-refractivity contribution in [3.05, 3.63) is 46.9 Å². The van der Waals surface area contributed by atoms with E-state index in [-0.39, 0.29) is 17.8 Å². The summed E-state index contributed by atoms with van der Waals surface area (Å²) in [6.07, 6.45) is 0.376. The molecular weight excluding hydrogens is 308 g/mol. The molecule has 0 unspecified atom stereocenters. The summed E-state index contributed by atoms with van der Waals surface area (Å²) in [4.78, 5) is 25.8. The summed E-state index contributed by atoms with van der Waals surface area (Å²) in [5, 5.41) is 2.86. The number of rotatable bonds is 4. The normalized spacial score (nSPS) is 14.0. The van der Waals surface area contributed by atoms with Crippen LogP contribution in [0.2, 0.25) is 0 Å². The van der Waals surface area contributed by atoms with Crippen molar-refractivity contribution in [2.75, 3.05) is 23.4 Å². The number of nitrogens with zero attached hydrogens (tertiary/aromatic N) is 1. The van der Waals surface area contributed by atoms with E-state index in [4.69, 9.17) is 9.15 Å². The average molecular weight is 328 g/mol. The quantitative estimate of drug-likeness (QED) is 0.929. The number of nitrogens with one attached hydrogen (secondary N) is 1. The van der Waals surface area contributed by atoms with Crippen molar-refractivity contribution in [2.45, 2.75) is 27.2 Å². The Kier molecular flexibility index (Phi) is 4.29. The second-order valence-corrected chi connectivity index (χ2v) is 5.74. The molecule has 1 fully saturated rings. The van der Waals surface area contributed by atoms with Crippen molar-refractivity contribution in [1.29, 1.82) is 0 Å². The number of ether oxygens (including phenoxy) is 1. The Balaban J connectivity index is 1.84. The molecule has 1 saturated heterocycles. The fourth-order valence-electron chi connectivity index (χ4n) is 2.83. The molecule has 6 heteroatoms. The van der Waals surface area contributed by atoms with Gasteiger partial charge in [-0.05, 0) is 43.2 Å². The van der Waals surface area contributed by atoms with Crippen LogP contribution in [0.25, 0.3) is 0 Å². The topological polar surface area (TPSA) is 71.8 Å². The van der Waals surface area contributed by atoms with Gasteiger partial charge in [0.2, 0.25) is 0 Å². The summed E-state index contributed by atoms with van der Waals surface area (Å²) in [6, 6.07) is 7.18. The SMILES string of the molecule is CCc1oc(C(=O)Nc2cccc(N3CCOC3=O)c2C)cc1C. The number of anilines is 2. The van der Waals surface area contributed by atoms with Crippen molar-refractivity contribution in [3.8, 4) is 0 Å². The molecule has 24 heavy (non-hydrogen) atoms. The third kappa shape index (κ3) is 2.87. The highest BCUT2D eigenvalue weighted by atomic mass is 16.6. The number of hydrogen-bond donors (Lipinski definition) is 1. The molecule has 2 amide bonds. The van der Waals surface area contributed by atoms with E-state index in [1.54, 1.807) is 23.1 Å². The van der Waals surface area contributed by atoms with Gasteiger partial charge in [0.1, 0.15) is 12.4 Å². The molecule has 1 aliphatic heterocycles. The largest absolute Gasteiger partial charge is 0.456 e. The first-order chi connectivity index (χ1) is 11.5. The molecule has 2 heterocycles. The molecule has 0 radical (unpaired) electrons. The Morgan fingerprint density at radius 2 is 2.12 bits per heavy atom. The summed E-state index contributed by atoms with van der Waals surface area (Å²) in [6.45, 7) is 6.65. The van der Waals surface area contributed by atoms with Gasteiger partial charge in [0.15, 0.2) is 5.76 Å². The van der Waals surface area contributed by atoms with Gasteiger partial charge in [-0.25, -0.2) is 4.79 Å². The minimum Gasteiger partial charge on any atom is -0.456 e. The number of carbonyl (C=O) groups is 2. The van der Waals surface area contributed by atoms with Gasteiger partial charge in [0, 0.05) is 12.1 Å². The summed E-state index contributed by atoms with van der Waals surface area (Å²) in [7, 11) is 0. The highest BCUT2D eigenvalue weighted by molar-refractivity contribution is 6.03. The monoisotopic (exact) mass is 328 g/mol. The van der Waals surface area contributed by atoms with E-state index >= 15 is 0 Å². The number of hydrogen-bond acceptors (Lipinski definition) is 4. The summed E-state index contributed by atoms with van der Waals surface area (Å²) in [5.74, 6) is 0.794. The van der Waals surface area contributed by atoms with E-state index in [9.17, 15) is 9.59 Å². The zero-order chi connectivity index (χ0) is 17.3. The molecule has 1 N–H and O–H groups in total. The van der Waals surface area contributed by atoms with E-state index in [1.165, 1.54) is 0 Å². The zero-order valence-corrected chi connectivity index (χ0v) is 14.0. The highest BCUT2D eigenvalue weighted by Crippen LogP contribution is 2.29. The number of cyclic esters (lactones) is 1. The van der Waals surface area contributed by atoms with Gasteiger partial charge in [-0.1, -0.05) is 13.0 Å². The Labute approximate surface area is 140 Å². The lowest BCUT2D eigenvalue weighted by molar-refractivity contribution is 0.0995. The minimum absolute atomic E-state index is 0.287. The van der Waals surface area contributed by atoms with Crippen LogP contribution < -0.4 is 10.2 Å². The van der Waals surface area contributed by atoms with Crippen LogP contribution in [-0.2, 0) is 11.2 Å². The average Bonchev–Trinajstić information content (AvgIpc) is 3.15. The number of amides is 2.